The smallest absolute Gasteiger partial charge is 0.257 e. The van der Waals surface area contributed by atoms with Crippen LogP contribution in [-0.2, 0) is 19.6 Å². The van der Waals surface area contributed by atoms with Crippen LogP contribution in [0.2, 0.25) is 0 Å². The normalized spacial score (nSPS) is 11.0. The van der Waals surface area contributed by atoms with E-state index in [1.54, 1.807) is 28.9 Å². The highest BCUT2D eigenvalue weighted by molar-refractivity contribution is 7.22. The minimum absolute atomic E-state index is 0.207. The van der Waals surface area contributed by atoms with Crippen LogP contribution in [0.3, 0.4) is 0 Å². The lowest BCUT2D eigenvalue weighted by atomic mass is 10.2. The number of anilines is 1. The molecular formula is C20H20N6O2S. The van der Waals surface area contributed by atoms with Gasteiger partial charge in [0.15, 0.2) is 11.0 Å². The predicted octanol–water partition coefficient (Wildman–Crippen LogP) is 3.70. The number of hydrogen-bond donors (Lipinski definition) is 1. The molecule has 1 amide bonds. The number of fused-ring (bicyclic) bond motifs is 1. The first-order valence-electron chi connectivity index (χ1n) is 9.35. The Balaban J connectivity index is 1.40. The van der Waals surface area contributed by atoms with Gasteiger partial charge < -0.3 is 4.74 Å². The van der Waals surface area contributed by atoms with Gasteiger partial charge in [-0.1, -0.05) is 24.3 Å². The molecule has 0 unspecified atom stereocenters. The van der Waals surface area contributed by atoms with E-state index in [0.29, 0.717) is 28.8 Å². The molecule has 0 bridgehead atoms. The molecule has 4 rings (SSSR count). The lowest BCUT2D eigenvalue weighted by Gasteiger charge is -2.07. The molecule has 0 aliphatic rings. The summed E-state index contributed by atoms with van der Waals surface area (Å²) >= 11 is 1.47. The number of nitrogens with one attached hydrogen (secondary N) is 1. The van der Waals surface area contributed by atoms with Crippen molar-refractivity contribution < 1.29 is 9.53 Å². The van der Waals surface area contributed by atoms with Crippen molar-refractivity contribution in [2.24, 2.45) is 0 Å². The fraction of sp³-hybridized carbons (Fsp3) is 0.250. The molecule has 0 spiro atoms. The monoisotopic (exact) mass is 408 g/mol. The van der Waals surface area contributed by atoms with Crippen molar-refractivity contribution in [1.29, 1.82) is 0 Å². The number of rotatable bonds is 7. The summed E-state index contributed by atoms with van der Waals surface area (Å²) in [7, 11) is 0. The molecule has 9 heteroatoms. The van der Waals surface area contributed by atoms with E-state index in [-0.39, 0.29) is 12.5 Å². The van der Waals surface area contributed by atoms with Gasteiger partial charge in [-0.3, -0.25) is 10.1 Å². The number of hydrogen-bond acceptors (Lipinski definition) is 7. The number of aryl methyl sites for hydroxylation is 2. The summed E-state index contributed by atoms with van der Waals surface area (Å²) in [6.45, 7) is 5.01. The van der Waals surface area contributed by atoms with E-state index in [0.717, 1.165) is 16.6 Å². The number of ether oxygens (including phenoxy) is 1. The Kier molecular flexibility index (Phi) is 5.48. The topological polar surface area (TPSA) is 94.8 Å². The minimum atomic E-state index is -0.207. The maximum atomic E-state index is 12.5. The van der Waals surface area contributed by atoms with Gasteiger partial charge in [0.2, 0.25) is 0 Å². The number of tetrazole rings is 1. The average molecular weight is 408 g/mol. The van der Waals surface area contributed by atoms with Crippen LogP contribution in [0.25, 0.3) is 10.2 Å². The zero-order valence-electron chi connectivity index (χ0n) is 16.1. The third-order valence-electron chi connectivity index (χ3n) is 4.47. The van der Waals surface area contributed by atoms with Crippen molar-refractivity contribution in [3.63, 3.8) is 0 Å². The third kappa shape index (κ3) is 4.24. The molecule has 29 heavy (non-hydrogen) atoms. The molecule has 1 N–H and O–H groups in total. The second kappa shape index (κ2) is 8.36. The molecule has 0 fully saturated rings. The van der Waals surface area contributed by atoms with Gasteiger partial charge in [-0.15, -0.1) is 5.10 Å². The molecule has 2 heterocycles. The molecule has 0 aliphatic heterocycles. The zero-order valence-corrected chi connectivity index (χ0v) is 16.9. The predicted molar refractivity (Wildman–Crippen MR) is 111 cm³/mol. The quantitative estimate of drug-likeness (QED) is 0.501. The van der Waals surface area contributed by atoms with Crippen LogP contribution >= 0.6 is 11.3 Å². The van der Waals surface area contributed by atoms with E-state index < -0.39 is 0 Å². The summed E-state index contributed by atoms with van der Waals surface area (Å²) in [5.74, 6) is 1.08. The Hall–Kier alpha value is -3.33. The SMILES string of the molecule is CCc1ccc2nc(NC(=O)c3ccc(OCc4nnnn4CC)cc3)sc2c1. The van der Waals surface area contributed by atoms with Crippen molar-refractivity contribution >= 4 is 32.6 Å². The number of carbonyl (C=O) groups excluding carboxylic acids is 1. The Morgan fingerprint density at radius 3 is 2.76 bits per heavy atom. The Morgan fingerprint density at radius 1 is 1.17 bits per heavy atom. The molecule has 2 aromatic heterocycles. The van der Waals surface area contributed by atoms with Crippen LogP contribution in [-0.4, -0.2) is 31.1 Å². The van der Waals surface area contributed by atoms with Gasteiger partial charge in [0.25, 0.3) is 5.91 Å². The Labute approximate surface area is 171 Å². The number of aromatic nitrogens is 5. The second-order valence-electron chi connectivity index (χ2n) is 6.35. The van der Waals surface area contributed by atoms with Gasteiger partial charge in [0, 0.05) is 12.1 Å². The lowest BCUT2D eigenvalue weighted by molar-refractivity contribution is 0.102. The summed E-state index contributed by atoms with van der Waals surface area (Å²) in [5, 5.41) is 14.9. The first kappa shape index (κ1) is 19.0. The second-order valence-corrected chi connectivity index (χ2v) is 7.38. The number of benzene rings is 2. The van der Waals surface area contributed by atoms with Gasteiger partial charge in [-0.05, 0) is 65.7 Å². The van der Waals surface area contributed by atoms with E-state index in [1.807, 2.05) is 13.0 Å². The highest BCUT2D eigenvalue weighted by Crippen LogP contribution is 2.27. The largest absolute Gasteiger partial charge is 0.486 e. The van der Waals surface area contributed by atoms with Gasteiger partial charge in [-0.25, -0.2) is 9.67 Å². The molecule has 0 aliphatic carbocycles. The van der Waals surface area contributed by atoms with Gasteiger partial charge >= 0.3 is 0 Å². The lowest BCUT2D eigenvalue weighted by Crippen LogP contribution is -2.11. The van der Waals surface area contributed by atoms with E-state index in [9.17, 15) is 4.79 Å². The van der Waals surface area contributed by atoms with Crippen molar-refractivity contribution in [3.8, 4) is 5.75 Å². The molecule has 8 nitrogen and oxygen atoms in total. The fourth-order valence-corrected chi connectivity index (χ4v) is 3.76. The summed E-state index contributed by atoms with van der Waals surface area (Å²) < 4.78 is 8.44. The molecule has 148 valence electrons. The maximum absolute atomic E-state index is 12.5. The van der Waals surface area contributed by atoms with Crippen LogP contribution in [0.5, 0.6) is 5.75 Å². The van der Waals surface area contributed by atoms with Crippen molar-refractivity contribution in [2.75, 3.05) is 5.32 Å². The molecular weight excluding hydrogens is 388 g/mol. The Morgan fingerprint density at radius 2 is 2.00 bits per heavy atom. The van der Waals surface area contributed by atoms with Gasteiger partial charge in [0.1, 0.15) is 12.4 Å². The van der Waals surface area contributed by atoms with Gasteiger partial charge in [0.05, 0.1) is 10.2 Å². The van der Waals surface area contributed by atoms with E-state index in [4.69, 9.17) is 4.74 Å². The van der Waals surface area contributed by atoms with E-state index in [1.165, 1.54) is 16.9 Å². The number of carbonyl (C=O) groups is 1. The van der Waals surface area contributed by atoms with Crippen LogP contribution in [0.4, 0.5) is 5.13 Å². The minimum Gasteiger partial charge on any atom is -0.486 e. The molecule has 0 saturated carbocycles. The molecule has 0 radical (unpaired) electrons. The number of thiazole rings is 1. The van der Waals surface area contributed by atoms with Gasteiger partial charge in [-0.2, -0.15) is 0 Å². The van der Waals surface area contributed by atoms with Crippen LogP contribution in [0.15, 0.2) is 42.5 Å². The number of amides is 1. The van der Waals surface area contributed by atoms with Crippen molar-refractivity contribution in [1.82, 2.24) is 25.2 Å². The highest BCUT2D eigenvalue weighted by Gasteiger charge is 2.11. The third-order valence-corrected chi connectivity index (χ3v) is 5.41. The molecule has 0 atom stereocenters. The molecule has 0 saturated heterocycles. The number of nitrogens with zero attached hydrogens (tertiary/aromatic N) is 5. The highest BCUT2D eigenvalue weighted by atomic mass is 32.1. The summed E-state index contributed by atoms with van der Waals surface area (Å²) in [6.07, 6.45) is 0.970. The maximum Gasteiger partial charge on any atom is 0.257 e. The summed E-state index contributed by atoms with van der Waals surface area (Å²) in [5.41, 5.74) is 2.67. The molecule has 2 aromatic carbocycles. The standard InChI is InChI=1S/C20H20N6O2S/c1-3-13-5-10-16-17(11-13)29-20(21-16)22-19(27)14-6-8-15(9-7-14)28-12-18-23-24-25-26(18)4-2/h5-11H,3-4,12H2,1-2H3,(H,21,22,27). The summed E-state index contributed by atoms with van der Waals surface area (Å²) in [4.78, 5) is 17.0. The summed E-state index contributed by atoms with van der Waals surface area (Å²) in [6, 6.07) is 13.1. The Bertz CT molecular complexity index is 1140. The first-order chi connectivity index (χ1) is 14.2. The first-order valence-corrected chi connectivity index (χ1v) is 10.2. The molecule has 4 aromatic rings. The van der Waals surface area contributed by atoms with Crippen LogP contribution in [0, 0.1) is 0 Å². The fourth-order valence-electron chi connectivity index (χ4n) is 2.83. The average Bonchev–Trinajstić information content (AvgIpc) is 3.37. The zero-order chi connectivity index (χ0) is 20.2. The van der Waals surface area contributed by atoms with E-state index in [2.05, 4.69) is 44.9 Å². The van der Waals surface area contributed by atoms with E-state index >= 15 is 0 Å². The van der Waals surface area contributed by atoms with Crippen LogP contribution < -0.4 is 10.1 Å². The van der Waals surface area contributed by atoms with Crippen molar-refractivity contribution in [3.05, 3.63) is 59.4 Å². The van der Waals surface area contributed by atoms with Crippen molar-refractivity contribution in [2.45, 2.75) is 33.4 Å². The van der Waals surface area contributed by atoms with Crippen LogP contribution in [0.1, 0.15) is 35.6 Å².